The maximum atomic E-state index is 11.2. The molecule has 5 heteroatoms. The quantitative estimate of drug-likeness (QED) is 0.464. The number of hydrogen-bond acceptors (Lipinski definition) is 4. The number of carbonyl (C=O) groups excluding carboxylic acids is 2. The van der Waals surface area contributed by atoms with Gasteiger partial charge in [0.15, 0.2) is 0 Å². The molecule has 0 aliphatic heterocycles. The number of Topliss-reactive ketones (excluding diaryl/α,β-unsaturated/α-hetero) is 1. The predicted molar refractivity (Wildman–Crippen MR) is 95.2 cm³/mol. The molecular formula is C19H25N3O2. The third-order valence-electron chi connectivity index (χ3n) is 3.57. The number of carbonyl (C=O) groups is 2. The second-order valence-electron chi connectivity index (χ2n) is 5.60. The van der Waals surface area contributed by atoms with Crippen molar-refractivity contribution >= 4 is 11.7 Å². The van der Waals surface area contributed by atoms with Gasteiger partial charge in [0.1, 0.15) is 5.78 Å². The number of nitrogens with zero attached hydrogens (tertiary/aromatic N) is 1. The van der Waals surface area contributed by atoms with Gasteiger partial charge < -0.3 is 0 Å². The van der Waals surface area contributed by atoms with E-state index in [2.05, 4.69) is 10.4 Å². The minimum absolute atomic E-state index is 0. The fraction of sp³-hybridized carbons (Fsp3) is 0.316. The molecular weight excluding hydrogens is 302 g/mol. The van der Waals surface area contributed by atoms with Crippen molar-refractivity contribution in [3.8, 4) is 0 Å². The van der Waals surface area contributed by atoms with Gasteiger partial charge in [-0.3, -0.25) is 20.0 Å². The molecule has 0 atom stereocenters. The summed E-state index contributed by atoms with van der Waals surface area (Å²) in [6.45, 7) is 1.57. The lowest BCUT2D eigenvalue weighted by atomic mass is 10.0. The van der Waals surface area contributed by atoms with Gasteiger partial charge in [-0.15, -0.1) is 0 Å². The van der Waals surface area contributed by atoms with Gasteiger partial charge in [0.25, 0.3) is 0 Å². The number of hydrazine groups is 1. The third kappa shape index (κ3) is 6.30. The monoisotopic (exact) mass is 327 g/mol. The first kappa shape index (κ1) is 19.5. The first-order valence-corrected chi connectivity index (χ1v) is 7.57. The van der Waals surface area contributed by atoms with Crippen LogP contribution >= 0.6 is 0 Å². The Kier molecular flexibility index (Phi) is 7.79. The minimum Gasteiger partial charge on any atom is -0.300 e. The summed E-state index contributed by atoms with van der Waals surface area (Å²) in [7, 11) is 0. The highest BCUT2D eigenvalue weighted by Crippen LogP contribution is 2.10. The van der Waals surface area contributed by atoms with E-state index >= 15 is 0 Å². The van der Waals surface area contributed by atoms with Crippen LogP contribution in [-0.2, 0) is 35.3 Å². The highest BCUT2D eigenvalue weighted by molar-refractivity contribution is 5.78. The number of pyridine rings is 1. The SMILES string of the molecule is C.CC(=O)Cc1ccc(CCc2ccc(CC(=O)NN)cc2)cn1. The van der Waals surface area contributed by atoms with Crippen LogP contribution in [0.3, 0.4) is 0 Å². The van der Waals surface area contributed by atoms with Crippen LogP contribution in [0, 0.1) is 0 Å². The van der Waals surface area contributed by atoms with E-state index in [0.29, 0.717) is 6.42 Å². The molecule has 1 amide bonds. The summed E-state index contributed by atoms with van der Waals surface area (Å²) in [6, 6.07) is 11.9. The molecule has 0 saturated heterocycles. The predicted octanol–water partition coefficient (Wildman–Crippen LogP) is 2.17. The Bertz CT molecular complexity index is 664. The summed E-state index contributed by atoms with van der Waals surface area (Å²) in [5.74, 6) is 4.99. The van der Waals surface area contributed by atoms with Crippen LogP contribution < -0.4 is 11.3 Å². The number of nitrogens with one attached hydrogen (secondary N) is 1. The maximum absolute atomic E-state index is 11.2. The standard InChI is InChI=1S/C18H21N3O2.CH4/c1-13(22)10-17-9-8-16(12-20-17)7-4-14-2-5-15(6-3-14)11-18(23)21-19;/h2-3,5-6,8-9,12H,4,7,10-11,19H2,1H3,(H,21,23);1H4. The van der Waals surface area contributed by atoms with Crippen molar-refractivity contribution in [2.45, 2.75) is 40.0 Å². The van der Waals surface area contributed by atoms with Crippen LogP contribution in [0.2, 0.25) is 0 Å². The number of benzene rings is 1. The van der Waals surface area contributed by atoms with Crippen LogP contribution in [0.25, 0.3) is 0 Å². The lowest BCUT2D eigenvalue weighted by Crippen LogP contribution is -2.31. The van der Waals surface area contributed by atoms with Gasteiger partial charge in [-0.1, -0.05) is 37.8 Å². The zero-order chi connectivity index (χ0) is 16.7. The summed E-state index contributed by atoms with van der Waals surface area (Å²) in [5, 5.41) is 0. The minimum atomic E-state index is -0.200. The van der Waals surface area contributed by atoms with Gasteiger partial charge in [-0.05, 0) is 42.5 Å². The fourth-order valence-corrected chi connectivity index (χ4v) is 2.31. The molecule has 3 N–H and O–H groups in total. The average molecular weight is 327 g/mol. The van der Waals surface area contributed by atoms with Crippen molar-refractivity contribution in [3.63, 3.8) is 0 Å². The lowest BCUT2D eigenvalue weighted by molar-refractivity contribution is -0.120. The second kappa shape index (κ2) is 9.57. The number of aryl methyl sites for hydroxylation is 2. The normalized spacial score (nSPS) is 9.92. The Balaban J connectivity index is 0.00000288. The largest absolute Gasteiger partial charge is 0.300 e. The zero-order valence-electron chi connectivity index (χ0n) is 13.2. The molecule has 0 bridgehead atoms. The summed E-state index contributed by atoms with van der Waals surface area (Å²) in [5.41, 5.74) is 6.22. The maximum Gasteiger partial charge on any atom is 0.238 e. The van der Waals surface area contributed by atoms with Crippen LogP contribution in [0.15, 0.2) is 42.6 Å². The van der Waals surface area contributed by atoms with E-state index in [4.69, 9.17) is 5.84 Å². The smallest absolute Gasteiger partial charge is 0.238 e. The molecule has 1 aromatic carbocycles. The number of nitrogens with two attached hydrogens (primary N) is 1. The Morgan fingerprint density at radius 3 is 2.08 bits per heavy atom. The molecule has 1 aromatic heterocycles. The molecule has 24 heavy (non-hydrogen) atoms. The molecule has 0 fully saturated rings. The molecule has 1 heterocycles. The van der Waals surface area contributed by atoms with Crippen molar-refractivity contribution in [2.75, 3.05) is 0 Å². The van der Waals surface area contributed by atoms with Crippen molar-refractivity contribution in [3.05, 3.63) is 65.0 Å². The van der Waals surface area contributed by atoms with E-state index in [1.54, 1.807) is 6.92 Å². The summed E-state index contributed by atoms with van der Waals surface area (Å²) in [6.07, 6.45) is 4.29. The molecule has 0 saturated carbocycles. The van der Waals surface area contributed by atoms with Crippen LogP contribution in [0.4, 0.5) is 0 Å². The van der Waals surface area contributed by atoms with E-state index < -0.39 is 0 Å². The van der Waals surface area contributed by atoms with Crippen molar-refractivity contribution in [1.29, 1.82) is 0 Å². The van der Waals surface area contributed by atoms with E-state index in [1.165, 1.54) is 5.56 Å². The number of rotatable bonds is 7. The Morgan fingerprint density at radius 2 is 1.54 bits per heavy atom. The Morgan fingerprint density at radius 1 is 0.958 bits per heavy atom. The van der Waals surface area contributed by atoms with E-state index in [1.807, 2.05) is 42.6 Å². The Hall–Kier alpha value is -2.53. The number of hydrogen-bond donors (Lipinski definition) is 2. The van der Waals surface area contributed by atoms with E-state index in [-0.39, 0.29) is 25.5 Å². The number of aromatic nitrogens is 1. The summed E-state index contributed by atoms with van der Waals surface area (Å²) < 4.78 is 0. The zero-order valence-corrected chi connectivity index (χ0v) is 13.2. The van der Waals surface area contributed by atoms with Crippen LogP contribution in [0.5, 0.6) is 0 Å². The topological polar surface area (TPSA) is 85.1 Å². The van der Waals surface area contributed by atoms with Gasteiger partial charge in [-0.2, -0.15) is 0 Å². The Labute approximate surface area is 143 Å². The molecule has 2 rings (SSSR count). The lowest BCUT2D eigenvalue weighted by Gasteiger charge is -2.05. The summed E-state index contributed by atoms with van der Waals surface area (Å²) >= 11 is 0. The van der Waals surface area contributed by atoms with Crippen molar-refractivity contribution in [1.82, 2.24) is 10.4 Å². The molecule has 0 aliphatic carbocycles. The molecule has 2 aromatic rings. The molecule has 0 spiro atoms. The average Bonchev–Trinajstić information content (AvgIpc) is 2.55. The third-order valence-corrected chi connectivity index (χ3v) is 3.57. The molecule has 5 nitrogen and oxygen atoms in total. The highest BCUT2D eigenvalue weighted by atomic mass is 16.2. The number of ketones is 1. The van der Waals surface area contributed by atoms with E-state index in [0.717, 1.165) is 29.7 Å². The highest BCUT2D eigenvalue weighted by Gasteiger charge is 2.03. The van der Waals surface area contributed by atoms with Gasteiger partial charge in [-0.25, -0.2) is 5.84 Å². The van der Waals surface area contributed by atoms with Crippen LogP contribution in [-0.4, -0.2) is 16.7 Å². The van der Waals surface area contributed by atoms with Gasteiger partial charge in [0.2, 0.25) is 5.91 Å². The van der Waals surface area contributed by atoms with Crippen LogP contribution in [0.1, 0.15) is 36.7 Å². The van der Waals surface area contributed by atoms with E-state index in [9.17, 15) is 9.59 Å². The van der Waals surface area contributed by atoms with Gasteiger partial charge in [0.05, 0.1) is 6.42 Å². The molecule has 0 aliphatic rings. The first-order chi connectivity index (χ1) is 11.1. The van der Waals surface area contributed by atoms with Gasteiger partial charge >= 0.3 is 0 Å². The molecule has 128 valence electrons. The van der Waals surface area contributed by atoms with Crippen molar-refractivity contribution in [2.24, 2.45) is 5.84 Å². The first-order valence-electron chi connectivity index (χ1n) is 7.57. The molecule has 0 unspecified atom stereocenters. The number of amides is 1. The second-order valence-corrected chi connectivity index (χ2v) is 5.60. The van der Waals surface area contributed by atoms with Gasteiger partial charge in [0, 0.05) is 18.3 Å². The molecule has 0 radical (unpaired) electrons. The fourth-order valence-electron chi connectivity index (χ4n) is 2.31. The van der Waals surface area contributed by atoms with Crippen molar-refractivity contribution < 1.29 is 9.59 Å². The summed E-state index contributed by atoms with van der Waals surface area (Å²) in [4.78, 5) is 26.6.